The molecule has 0 spiro atoms. The molecular formula is C27H25Cl2FN4O7. The molecule has 216 valence electrons. The van der Waals surface area contributed by atoms with Crippen LogP contribution in [0.3, 0.4) is 0 Å². The van der Waals surface area contributed by atoms with Gasteiger partial charge >= 0.3 is 11.9 Å². The van der Waals surface area contributed by atoms with Crippen LogP contribution >= 0.6 is 23.2 Å². The summed E-state index contributed by atoms with van der Waals surface area (Å²) in [4.78, 5) is 41.2. The molecule has 2 heterocycles. The normalized spacial score (nSPS) is 13.3. The molecule has 0 bridgehead atoms. The number of carbonyl (C=O) groups excluding carboxylic acids is 1. The van der Waals surface area contributed by atoms with Crippen molar-refractivity contribution in [3.05, 3.63) is 71.3 Å². The first-order valence-electron chi connectivity index (χ1n) is 12.0. The van der Waals surface area contributed by atoms with Gasteiger partial charge in [0.1, 0.15) is 18.2 Å². The van der Waals surface area contributed by atoms with Gasteiger partial charge in [-0.15, -0.1) is 0 Å². The molecule has 41 heavy (non-hydrogen) atoms. The van der Waals surface area contributed by atoms with Gasteiger partial charge < -0.3 is 29.9 Å². The Hall–Kier alpha value is -4.42. The van der Waals surface area contributed by atoms with E-state index in [0.717, 1.165) is 0 Å². The number of fused-ring (bicyclic) bond motifs is 1. The number of hydrogen-bond donors (Lipinski definition) is 3. The van der Waals surface area contributed by atoms with Gasteiger partial charge in [0.25, 0.3) is 0 Å². The minimum absolute atomic E-state index is 0.0841. The molecule has 1 aliphatic rings. The summed E-state index contributed by atoms with van der Waals surface area (Å²) in [6.07, 6.45) is 5.05. The fourth-order valence-electron chi connectivity index (χ4n) is 3.81. The molecule has 0 unspecified atom stereocenters. The number of carbonyl (C=O) groups is 3. The molecular weight excluding hydrogens is 582 g/mol. The Morgan fingerprint density at radius 3 is 2.34 bits per heavy atom. The predicted molar refractivity (Wildman–Crippen MR) is 151 cm³/mol. The van der Waals surface area contributed by atoms with Gasteiger partial charge in [-0.2, -0.15) is 0 Å². The van der Waals surface area contributed by atoms with Crippen molar-refractivity contribution in [2.24, 2.45) is 0 Å². The van der Waals surface area contributed by atoms with Gasteiger partial charge in [-0.3, -0.25) is 4.79 Å². The highest BCUT2D eigenvalue weighted by Crippen LogP contribution is 2.37. The molecule has 1 amide bonds. The summed E-state index contributed by atoms with van der Waals surface area (Å²) in [6, 6.07) is 6.47. The van der Waals surface area contributed by atoms with Crippen LogP contribution in [0.4, 0.5) is 15.9 Å². The molecule has 2 aromatic carbocycles. The maximum absolute atomic E-state index is 14.6. The van der Waals surface area contributed by atoms with Crippen molar-refractivity contribution in [2.45, 2.75) is 18.9 Å². The quantitative estimate of drug-likeness (QED) is 0.233. The van der Waals surface area contributed by atoms with Crippen molar-refractivity contribution in [2.75, 3.05) is 25.5 Å². The summed E-state index contributed by atoms with van der Waals surface area (Å²) in [5.41, 5.74) is 0.713. The number of methoxy groups -OCH3 is 1. The number of nitrogens with one attached hydrogen (secondary N) is 1. The summed E-state index contributed by atoms with van der Waals surface area (Å²) < 4.78 is 26.3. The van der Waals surface area contributed by atoms with E-state index in [9.17, 15) is 18.8 Å². The van der Waals surface area contributed by atoms with Crippen LogP contribution in [0.5, 0.6) is 11.5 Å². The number of rotatable bonds is 8. The summed E-state index contributed by atoms with van der Waals surface area (Å²) in [5.74, 6) is -1.89. The summed E-state index contributed by atoms with van der Waals surface area (Å²) in [5, 5.41) is 19.1. The van der Waals surface area contributed by atoms with E-state index in [1.165, 1.54) is 24.5 Å². The van der Waals surface area contributed by atoms with Crippen molar-refractivity contribution in [3.8, 4) is 11.5 Å². The number of piperidine rings is 1. The molecule has 14 heteroatoms. The molecule has 1 fully saturated rings. The van der Waals surface area contributed by atoms with Crippen molar-refractivity contribution >= 4 is 63.5 Å². The van der Waals surface area contributed by atoms with E-state index >= 15 is 0 Å². The zero-order chi connectivity index (χ0) is 30.1. The van der Waals surface area contributed by atoms with E-state index in [2.05, 4.69) is 21.9 Å². The van der Waals surface area contributed by atoms with E-state index in [-0.39, 0.29) is 27.7 Å². The van der Waals surface area contributed by atoms with Gasteiger partial charge in [-0.25, -0.2) is 23.9 Å². The molecule has 3 N–H and O–H groups in total. The lowest BCUT2D eigenvalue weighted by molar-refractivity contribution is -0.134. The smallest absolute Gasteiger partial charge is 0.328 e. The third-order valence-corrected chi connectivity index (χ3v) is 6.58. The average molecular weight is 607 g/mol. The van der Waals surface area contributed by atoms with Gasteiger partial charge in [0.05, 0.1) is 28.4 Å². The first kappa shape index (κ1) is 31.1. The van der Waals surface area contributed by atoms with Crippen molar-refractivity contribution in [3.63, 3.8) is 0 Å². The second-order valence-electron chi connectivity index (χ2n) is 8.45. The number of benzene rings is 2. The van der Waals surface area contributed by atoms with E-state index < -0.39 is 17.8 Å². The molecule has 1 saturated heterocycles. The molecule has 1 aliphatic heterocycles. The second kappa shape index (κ2) is 14.3. The van der Waals surface area contributed by atoms with Crippen LogP contribution in [0.2, 0.25) is 10.0 Å². The average Bonchev–Trinajstić information content (AvgIpc) is 2.96. The van der Waals surface area contributed by atoms with Crippen molar-refractivity contribution < 1.29 is 38.5 Å². The topological polar surface area (TPSA) is 151 Å². The third kappa shape index (κ3) is 8.29. The van der Waals surface area contributed by atoms with Crippen LogP contribution in [0.25, 0.3) is 10.9 Å². The maximum Gasteiger partial charge on any atom is 0.328 e. The number of carboxylic acids is 2. The standard InChI is InChI=1S/C23H21Cl2FN4O3.C4H4O4/c1-3-20(31)30-8-6-13(7-9-30)33-19-10-14-17(11-18(19)32-2)27-12-28-23(14)29-16-5-4-15(24)21(25)22(16)26;5-3(6)1-2-4(7)8/h3-5,10-13H,1,6-9H2,2H3,(H,27,28,29);1-2H,(H,5,6)(H,7,8)/b;2-1+. The Bertz CT molecular complexity index is 1480. The second-order valence-corrected chi connectivity index (χ2v) is 9.23. The monoisotopic (exact) mass is 606 g/mol. The van der Waals surface area contributed by atoms with Gasteiger partial charge in [-0.05, 0) is 24.3 Å². The lowest BCUT2D eigenvalue weighted by atomic mass is 10.1. The SMILES string of the molecule is C=CC(=O)N1CCC(Oc2cc3c(Nc4ccc(Cl)c(Cl)c4F)ncnc3cc2OC)CC1.O=C(O)/C=C/C(=O)O. The maximum atomic E-state index is 14.6. The Balaban J connectivity index is 0.000000507. The van der Waals surface area contributed by atoms with Gasteiger partial charge in [0.15, 0.2) is 17.3 Å². The Kier molecular flexibility index (Phi) is 10.8. The Labute approximate surface area is 243 Å². The first-order chi connectivity index (χ1) is 19.5. The van der Waals surface area contributed by atoms with Crippen molar-refractivity contribution in [1.29, 1.82) is 0 Å². The molecule has 1 aromatic heterocycles. The number of likely N-dealkylation sites (tertiary alicyclic amines) is 1. The Morgan fingerprint density at radius 1 is 1.10 bits per heavy atom. The highest BCUT2D eigenvalue weighted by atomic mass is 35.5. The lowest BCUT2D eigenvalue weighted by Gasteiger charge is -2.31. The zero-order valence-corrected chi connectivity index (χ0v) is 23.2. The van der Waals surface area contributed by atoms with Gasteiger partial charge in [0, 0.05) is 49.5 Å². The van der Waals surface area contributed by atoms with Crippen molar-refractivity contribution in [1.82, 2.24) is 14.9 Å². The lowest BCUT2D eigenvalue weighted by Crippen LogP contribution is -2.41. The number of carboxylic acid groups (broad SMARTS) is 2. The molecule has 0 aliphatic carbocycles. The molecule has 4 rings (SSSR count). The third-order valence-electron chi connectivity index (χ3n) is 5.80. The Morgan fingerprint density at radius 2 is 1.76 bits per heavy atom. The minimum Gasteiger partial charge on any atom is -0.493 e. The fraction of sp³-hybridized carbons (Fsp3) is 0.222. The van der Waals surface area contributed by atoms with Crippen LogP contribution in [-0.4, -0.2) is 69.2 Å². The number of amides is 1. The number of ether oxygens (including phenoxy) is 2. The molecule has 11 nitrogen and oxygen atoms in total. The summed E-state index contributed by atoms with van der Waals surface area (Å²) in [7, 11) is 1.55. The summed E-state index contributed by atoms with van der Waals surface area (Å²) in [6.45, 7) is 4.70. The number of halogens is 3. The minimum atomic E-state index is -1.26. The van der Waals surface area contributed by atoms with Gasteiger partial charge in [0.2, 0.25) is 5.91 Å². The van der Waals surface area contributed by atoms with Crippen LogP contribution < -0.4 is 14.8 Å². The summed E-state index contributed by atoms with van der Waals surface area (Å²) >= 11 is 11.8. The van der Waals surface area contributed by atoms with E-state index in [4.69, 9.17) is 42.9 Å². The molecule has 0 atom stereocenters. The van der Waals surface area contributed by atoms with E-state index in [1.807, 2.05) is 0 Å². The van der Waals surface area contributed by atoms with Gasteiger partial charge in [-0.1, -0.05) is 29.8 Å². The zero-order valence-electron chi connectivity index (χ0n) is 21.6. The number of nitrogens with zero attached hydrogens (tertiary/aromatic N) is 3. The van der Waals surface area contributed by atoms with Crippen LogP contribution in [0.15, 0.2) is 55.4 Å². The highest BCUT2D eigenvalue weighted by molar-refractivity contribution is 6.42. The number of hydrogen-bond acceptors (Lipinski definition) is 8. The molecule has 0 saturated carbocycles. The van der Waals surface area contributed by atoms with Crippen LogP contribution in [0.1, 0.15) is 12.8 Å². The molecule has 3 aromatic rings. The number of aromatic nitrogens is 2. The number of aliphatic carboxylic acids is 2. The molecule has 0 radical (unpaired) electrons. The van der Waals surface area contributed by atoms with E-state index in [1.54, 1.807) is 24.1 Å². The first-order valence-corrected chi connectivity index (χ1v) is 12.7. The number of anilines is 2. The van der Waals surface area contributed by atoms with Crippen LogP contribution in [0, 0.1) is 5.82 Å². The highest BCUT2D eigenvalue weighted by Gasteiger charge is 2.24. The van der Waals surface area contributed by atoms with E-state index in [0.29, 0.717) is 66.3 Å². The largest absolute Gasteiger partial charge is 0.493 e. The predicted octanol–water partition coefficient (Wildman–Crippen LogP) is 5.10. The van der Waals surface area contributed by atoms with Crippen LogP contribution in [-0.2, 0) is 14.4 Å². The fourth-order valence-corrected chi connectivity index (χ4v) is 4.12.